The van der Waals surface area contributed by atoms with Gasteiger partial charge in [-0.3, -0.25) is 4.79 Å². The van der Waals surface area contributed by atoms with Crippen LogP contribution in [0.3, 0.4) is 0 Å². The van der Waals surface area contributed by atoms with Crippen LogP contribution < -0.4 is 4.74 Å². The number of carbonyl (C=O) groups is 1. The molecule has 0 spiro atoms. The van der Waals surface area contributed by atoms with Crippen molar-refractivity contribution in [2.24, 2.45) is 0 Å². The van der Waals surface area contributed by atoms with E-state index in [1.807, 2.05) is 30.0 Å². The molecule has 1 N–H and O–H groups in total. The number of likely N-dealkylation sites (N-methyl/N-ethyl adjacent to an activating group) is 1. The van der Waals surface area contributed by atoms with Crippen LogP contribution in [0.2, 0.25) is 0 Å². The van der Waals surface area contributed by atoms with Crippen LogP contribution >= 0.6 is 0 Å². The Hall–Kier alpha value is -1.55. The predicted octanol–water partition coefficient (Wildman–Crippen LogP) is 3.30. The van der Waals surface area contributed by atoms with Crippen molar-refractivity contribution in [3.63, 3.8) is 0 Å². The standard InChI is InChI=1S/C18H27NO3/c1-3-19(16-9-5-4-6-10-16)18(21)13-22-17-11-7-8-15(12-17)14(2)20/h7-8,11-12,14,16,20H,3-6,9-10,13H2,1-2H3/t14-/m0/s1. The molecular weight excluding hydrogens is 278 g/mol. The van der Waals surface area contributed by atoms with Crippen molar-refractivity contribution in [1.82, 2.24) is 4.90 Å². The van der Waals surface area contributed by atoms with E-state index >= 15 is 0 Å². The first-order valence-corrected chi connectivity index (χ1v) is 8.32. The molecule has 122 valence electrons. The Bertz CT molecular complexity index is 481. The van der Waals surface area contributed by atoms with Gasteiger partial charge in [-0.05, 0) is 44.4 Å². The van der Waals surface area contributed by atoms with Crippen LogP contribution in [0.5, 0.6) is 5.75 Å². The fourth-order valence-electron chi connectivity index (χ4n) is 3.12. The van der Waals surface area contributed by atoms with Gasteiger partial charge in [0.1, 0.15) is 5.75 Å². The lowest BCUT2D eigenvalue weighted by atomic mass is 9.94. The maximum atomic E-state index is 12.4. The van der Waals surface area contributed by atoms with E-state index in [0.29, 0.717) is 11.8 Å². The highest BCUT2D eigenvalue weighted by Gasteiger charge is 2.24. The number of nitrogens with zero attached hydrogens (tertiary/aromatic N) is 1. The van der Waals surface area contributed by atoms with Crippen molar-refractivity contribution >= 4 is 5.91 Å². The van der Waals surface area contributed by atoms with Crippen molar-refractivity contribution in [1.29, 1.82) is 0 Å². The smallest absolute Gasteiger partial charge is 0.260 e. The van der Waals surface area contributed by atoms with Crippen molar-refractivity contribution in [2.75, 3.05) is 13.2 Å². The Labute approximate surface area is 133 Å². The molecule has 1 aliphatic carbocycles. The highest BCUT2D eigenvalue weighted by Crippen LogP contribution is 2.23. The Morgan fingerprint density at radius 3 is 2.73 bits per heavy atom. The van der Waals surface area contributed by atoms with Gasteiger partial charge >= 0.3 is 0 Å². The lowest BCUT2D eigenvalue weighted by Gasteiger charge is -2.33. The summed E-state index contributed by atoms with van der Waals surface area (Å²) >= 11 is 0. The van der Waals surface area contributed by atoms with Crippen LogP contribution in [-0.4, -0.2) is 35.1 Å². The zero-order valence-electron chi connectivity index (χ0n) is 13.6. The van der Waals surface area contributed by atoms with Gasteiger partial charge in [0.15, 0.2) is 6.61 Å². The van der Waals surface area contributed by atoms with Gasteiger partial charge in [-0.2, -0.15) is 0 Å². The molecule has 22 heavy (non-hydrogen) atoms. The molecule has 1 aromatic rings. The Morgan fingerprint density at radius 1 is 1.36 bits per heavy atom. The molecule has 2 rings (SSSR count). The van der Waals surface area contributed by atoms with Crippen molar-refractivity contribution in [3.8, 4) is 5.75 Å². The second-order valence-electron chi connectivity index (χ2n) is 6.01. The molecule has 1 aliphatic rings. The number of benzene rings is 1. The molecule has 0 radical (unpaired) electrons. The largest absolute Gasteiger partial charge is 0.484 e. The molecule has 0 saturated heterocycles. The van der Waals surface area contributed by atoms with Gasteiger partial charge in [0, 0.05) is 12.6 Å². The number of hydrogen-bond donors (Lipinski definition) is 1. The average Bonchev–Trinajstić information content (AvgIpc) is 2.55. The van der Waals surface area contributed by atoms with Gasteiger partial charge in [0.25, 0.3) is 5.91 Å². The van der Waals surface area contributed by atoms with E-state index in [4.69, 9.17) is 4.74 Å². The van der Waals surface area contributed by atoms with Gasteiger partial charge in [0.2, 0.25) is 0 Å². The molecule has 4 heteroatoms. The van der Waals surface area contributed by atoms with Gasteiger partial charge in [-0.1, -0.05) is 31.4 Å². The van der Waals surface area contributed by atoms with Gasteiger partial charge in [-0.15, -0.1) is 0 Å². The van der Waals surface area contributed by atoms with Crippen LogP contribution in [-0.2, 0) is 4.79 Å². The highest BCUT2D eigenvalue weighted by atomic mass is 16.5. The summed E-state index contributed by atoms with van der Waals surface area (Å²) in [4.78, 5) is 14.4. The zero-order chi connectivity index (χ0) is 15.9. The van der Waals surface area contributed by atoms with E-state index in [-0.39, 0.29) is 12.5 Å². The molecule has 1 saturated carbocycles. The summed E-state index contributed by atoms with van der Waals surface area (Å²) in [7, 11) is 0. The van der Waals surface area contributed by atoms with E-state index in [1.165, 1.54) is 19.3 Å². The minimum atomic E-state index is -0.534. The third-order valence-electron chi connectivity index (χ3n) is 4.38. The molecule has 0 heterocycles. The third kappa shape index (κ3) is 4.47. The Balaban J connectivity index is 1.91. The molecule has 1 fully saturated rings. The maximum Gasteiger partial charge on any atom is 0.260 e. The summed E-state index contributed by atoms with van der Waals surface area (Å²) in [6.07, 6.45) is 5.39. The molecule has 1 aromatic carbocycles. The molecule has 0 aliphatic heterocycles. The first kappa shape index (κ1) is 16.8. The molecule has 1 atom stereocenters. The van der Waals surface area contributed by atoms with Gasteiger partial charge in [0.05, 0.1) is 6.10 Å². The number of carbonyl (C=O) groups excluding carboxylic acids is 1. The lowest BCUT2D eigenvalue weighted by Crippen LogP contribution is -2.43. The Morgan fingerprint density at radius 2 is 2.09 bits per heavy atom. The summed E-state index contributed by atoms with van der Waals surface area (Å²) in [5.74, 6) is 0.684. The number of hydrogen-bond acceptors (Lipinski definition) is 3. The third-order valence-corrected chi connectivity index (χ3v) is 4.38. The van der Waals surface area contributed by atoms with Crippen molar-refractivity contribution in [3.05, 3.63) is 29.8 Å². The number of ether oxygens (including phenoxy) is 1. The van der Waals surface area contributed by atoms with Gasteiger partial charge in [-0.25, -0.2) is 0 Å². The second-order valence-corrected chi connectivity index (χ2v) is 6.01. The quantitative estimate of drug-likeness (QED) is 0.877. The summed E-state index contributed by atoms with van der Waals surface area (Å²) in [6, 6.07) is 7.66. The SMILES string of the molecule is CCN(C(=O)COc1cccc([C@H](C)O)c1)C1CCCCC1. The second kappa shape index (κ2) is 8.18. The molecular formula is C18H27NO3. The summed E-state index contributed by atoms with van der Waals surface area (Å²) in [5.41, 5.74) is 0.796. The number of rotatable bonds is 6. The highest BCUT2D eigenvalue weighted by molar-refractivity contribution is 5.78. The van der Waals surface area contributed by atoms with E-state index < -0.39 is 6.10 Å². The number of aliphatic hydroxyl groups excluding tert-OH is 1. The number of aliphatic hydroxyl groups is 1. The Kier molecular flexibility index (Phi) is 6.25. The minimum Gasteiger partial charge on any atom is -0.484 e. The van der Waals surface area contributed by atoms with E-state index in [9.17, 15) is 9.90 Å². The zero-order valence-corrected chi connectivity index (χ0v) is 13.6. The molecule has 4 nitrogen and oxygen atoms in total. The number of amides is 1. The normalized spacial score (nSPS) is 17.0. The molecule has 0 unspecified atom stereocenters. The van der Waals surface area contributed by atoms with Crippen LogP contribution in [0.4, 0.5) is 0 Å². The van der Waals surface area contributed by atoms with Crippen LogP contribution in [0.15, 0.2) is 24.3 Å². The first-order chi connectivity index (χ1) is 10.6. The lowest BCUT2D eigenvalue weighted by molar-refractivity contribution is -0.136. The topological polar surface area (TPSA) is 49.8 Å². The summed E-state index contributed by atoms with van der Waals surface area (Å²) in [6.45, 7) is 4.54. The molecule has 0 bridgehead atoms. The summed E-state index contributed by atoms with van der Waals surface area (Å²) < 4.78 is 5.63. The van der Waals surface area contributed by atoms with Crippen LogP contribution in [0, 0.1) is 0 Å². The average molecular weight is 305 g/mol. The fourth-order valence-corrected chi connectivity index (χ4v) is 3.12. The van der Waals surface area contributed by atoms with Crippen LogP contribution in [0.1, 0.15) is 57.6 Å². The van der Waals surface area contributed by atoms with Crippen LogP contribution in [0.25, 0.3) is 0 Å². The predicted molar refractivity (Wildman–Crippen MR) is 86.8 cm³/mol. The fraction of sp³-hybridized carbons (Fsp3) is 0.611. The van der Waals surface area contributed by atoms with Gasteiger partial charge < -0.3 is 14.7 Å². The van der Waals surface area contributed by atoms with E-state index in [2.05, 4.69) is 0 Å². The molecule has 0 aromatic heterocycles. The van der Waals surface area contributed by atoms with Crippen molar-refractivity contribution in [2.45, 2.75) is 58.1 Å². The first-order valence-electron chi connectivity index (χ1n) is 8.32. The van der Waals surface area contributed by atoms with Crippen molar-refractivity contribution < 1.29 is 14.6 Å². The summed E-state index contributed by atoms with van der Waals surface area (Å²) in [5, 5.41) is 9.59. The maximum absolute atomic E-state index is 12.4. The van der Waals surface area contributed by atoms with E-state index in [1.54, 1.807) is 13.0 Å². The minimum absolute atomic E-state index is 0.0526. The monoisotopic (exact) mass is 305 g/mol. The molecule has 1 amide bonds. The van der Waals surface area contributed by atoms with E-state index in [0.717, 1.165) is 24.9 Å².